The molecule has 0 aromatic carbocycles. The van der Waals surface area contributed by atoms with E-state index in [0.29, 0.717) is 6.04 Å². The molecule has 82 valence electrons. The van der Waals surface area contributed by atoms with Crippen LogP contribution in [0.15, 0.2) is 22.8 Å². The van der Waals surface area contributed by atoms with Crippen molar-refractivity contribution < 1.29 is 0 Å². The van der Waals surface area contributed by atoms with E-state index in [-0.39, 0.29) is 0 Å². The van der Waals surface area contributed by atoms with Crippen LogP contribution in [-0.2, 0) is 0 Å². The Labute approximate surface area is 99.0 Å². The molecule has 1 saturated heterocycles. The number of nitrogens with zero attached hydrogens (tertiary/aromatic N) is 2. The van der Waals surface area contributed by atoms with E-state index in [2.05, 4.69) is 44.2 Å². The Morgan fingerprint density at radius 3 is 2.80 bits per heavy atom. The fourth-order valence-electron chi connectivity index (χ4n) is 1.98. The topological polar surface area (TPSA) is 28.2 Å². The number of hydrogen-bond acceptors (Lipinski definition) is 3. The maximum Gasteiger partial charge on any atom is 0.129 e. The lowest BCUT2D eigenvalue weighted by molar-refractivity contribution is 0.441. The van der Waals surface area contributed by atoms with Crippen LogP contribution in [-0.4, -0.2) is 31.2 Å². The third-order valence-electron chi connectivity index (χ3n) is 2.92. The van der Waals surface area contributed by atoms with E-state index in [0.717, 1.165) is 23.5 Å². The van der Waals surface area contributed by atoms with Gasteiger partial charge >= 0.3 is 0 Å². The first kappa shape index (κ1) is 10.9. The normalized spacial score (nSPS) is 17.7. The van der Waals surface area contributed by atoms with Gasteiger partial charge in [-0.05, 0) is 54.0 Å². The Morgan fingerprint density at radius 2 is 2.13 bits per heavy atom. The molecule has 1 fully saturated rings. The second kappa shape index (κ2) is 4.94. The number of piperidine rings is 1. The number of hydrogen-bond donors (Lipinski definition) is 1. The predicted molar refractivity (Wildman–Crippen MR) is 66.2 cm³/mol. The van der Waals surface area contributed by atoms with Crippen LogP contribution in [0.1, 0.15) is 12.8 Å². The van der Waals surface area contributed by atoms with E-state index in [4.69, 9.17) is 0 Å². The average Bonchev–Trinajstić information content (AvgIpc) is 2.29. The van der Waals surface area contributed by atoms with E-state index < -0.39 is 0 Å². The maximum atomic E-state index is 4.47. The molecule has 0 unspecified atom stereocenters. The average molecular weight is 270 g/mol. The van der Waals surface area contributed by atoms with Crippen LogP contribution >= 0.6 is 15.9 Å². The molecule has 2 rings (SSSR count). The van der Waals surface area contributed by atoms with Crippen molar-refractivity contribution in [2.45, 2.75) is 18.9 Å². The molecule has 0 amide bonds. The third-order valence-corrected chi connectivity index (χ3v) is 3.36. The van der Waals surface area contributed by atoms with Gasteiger partial charge in [0.05, 0.1) is 0 Å². The maximum absolute atomic E-state index is 4.47. The number of nitrogens with one attached hydrogen (secondary N) is 1. The summed E-state index contributed by atoms with van der Waals surface area (Å²) in [5.74, 6) is 1.05. The number of aromatic nitrogens is 1. The summed E-state index contributed by atoms with van der Waals surface area (Å²) in [6.07, 6.45) is 2.40. The summed E-state index contributed by atoms with van der Waals surface area (Å²) >= 11 is 3.40. The fraction of sp³-hybridized carbons (Fsp3) is 0.545. The zero-order chi connectivity index (χ0) is 10.7. The Kier molecular flexibility index (Phi) is 3.59. The lowest BCUT2D eigenvalue weighted by Gasteiger charge is -2.32. The minimum atomic E-state index is 0.619. The molecule has 2 heterocycles. The Bertz CT molecular complexity index is 323. The molecule has 0 aliphatic carbocycles. The van der Waals surface area contributed by atoms with E-state index in [1.807, 2.05) is 12.1 Å². The monoisotopic (exact) mass is 269 g/mol. The first-order valence-electron chi connectivity index (χ1n) is 5.33. The van der Waals surface area contributed by atoms with Gasteiger partial charge in [-0.2, -0.15) is 0 Å². The van der Waals surface area contributed by atoms with Gasteiger partial charge in [0.25, 0.3) is 0 Å². The molecule has 0 bridgehead atoms. The Balaban J connectivity index is 2.08. The fourth-order valence-corrected chi connectivity index (χ4v) is 2.31. The highest BCUT2D eigenvalue weighted by atomic mass is 79.9. The van der Waals surface area contributed by atoms with Gasteiger partial charge in [-0.25, -0.2) is 4.98 Å². The minimum Gasteiger partial charge on any atom is -0.357 e. The molecule has 15 heavy (non-hydrogen) atoms. The highest BCUT2D eigenvalue weighted by molar-refractivity contribution is 9.10. The van der Waals surface area contributed by atoms with Crippen molar-refractivity contribution in [1.29, 1.82) is 0 Å². The predicted octanol–water partition coefficient (Wildman–Crippen LogP) is 2.03. The van der Waals surface area contributed by atoms with Gasteiger partial charge in [0.1, 0.15) is 10.4 Å². The summed E-state index contributed by atoms with van der Waals surface area (Å²) in [6.45, 7) is 2.23. The summed E-state index contributed by atoms with van der Waals surface area (Å²) in [5.41, 5.74) is 0. The SMILES string of the molecule is CN(c1cccc(Br)n1)C1CCNCC1. The van der Waals surface area contributed by atoms with Crippen molar-refractivity contribution in [2.24, 2.45) is 0 Å². The summed E-state index contributed by atoms with van der Waals surface area (Å²) in [7, 11) is 2.13. The molecule has 1 aliphatic rings. The van der Waals surface area contributed by atoms with Crippen molar-refractivity contribution in [3.63, 3.8) is 0 Å². The lowest BCUT2D eigenvalue weighted by atomic mass is 10.1. The first-order chi connectivity index (χ1) is 7.27. The first-order valence-corrected chi connectivity index (χ1v) is 6.13. The van der Waals surface area contributed by atoms with Crippen LogP contribution in [0.25, 0.3) is 0 Å². The van der Waals surface area contributed by atoms with Crippen LogP contribution in [0.3, 0.4) is 0 Å². The molecule has 1 aromatic heterocycles. The van der Waals surface area contributed by atoms with Crippen molar-refractivity contribution in [2.75, 3.05) is 25.0 Å². The van der Waals surface area contributed by atoms with Gasteiger partial charge in [-0.3, -0.25) is 0 Å². The van der Waals surface area contributed by atoms with Crippen molar-refractivity contribution in [3.05, 3.63) is 22.8 Å². The molecule has 0 atom stereocenters. The van der Waals surface area contributed by atoms with E-state index >= 15 is 0 Å². The largest absolute Gasteiger partial charge is 0.357 e. The molecule has 1 aromatic rings. The van der Waals surface area contributed by atoms with Crippen molar-refractivity contribution in [3.8, 4) is 0 Å². The molecular formula is C11H16BrN3. The van der Waals surface area contributed by atoms with Crippen LogP contribution < -0.4 is 10.2 Å². The molecule has 0 radical (unpaired) electrons. The Morgan fingerprint density at radius 1 is 1.40 bits per heavy atom. The Hall–Kier alpha value is -0.610. The van der Waals surface area contributed by atoms with E-state index in [1.165, 1.54) is 12.8 Å². The molecule has 1 aliphatic heterocycles. The summed E-state index contributed by atoms with van der Waals surface area (Å²) in [4.78, 5) is 6.75. The van der Waals surface area contributed by atoms with Crippen LogP contribution in [0, 0.1) is 0 Å². The summed E-state index contributed by atoms with van der Waals surface area (Å²) < 4.78 is 0.904. The molecule has 1 N–H and O–H groups in total. The lowest BCUT2D eigenvalue weighted by Crippen LogP contribution is -2.41. The van der Waals surface area contributed by atoms with Crippen molar-refractivity contribution >= 4 is 21.7 Å². The molecule has 3 nitrogen and oxygen atoms in total. The van der Waals surface area contributed by atoms with Gasteiger partial charge in [0, 0.05) is 13.1 Å². The summed E-state index contributed by atoms with van der Waals surface area (Å²) in [5, 5.41) is 3.38. The number of pyridine rings is 1. The van der Waals surface area contributed by atoms with Crippen LogP contribution in [0.2, 0.25) is 0 Å². The van der Waals surface area contributed by atoms with Gasteiger partial charge in [-0.15, -0.1) is 0 Å². The number of rotatable bonds is 2. The van der Waals surface area contributed by atoms with Crippen molar-refractivity contribution in [1.82, 2.24) is 10.3 Å². The van der Waals surface area contributed by atoms with Gasteiger partial charge in [-0.1, -0.05) is 6.07 Å². The van der Waals surface area contributed by atoms with Crippen LogP contribution in [0.4, 0.5) is 5.82 Å². The van der Waals surface area contributed by atoms with Crippen LogP contribution in [0.5, 0.6) is 0 Å². The van der Waals surface area contributed by atoms with E-state index in [9.17, 15) is 0 Å². The zero-order valence-corrected chi connectivity index (χ0v) is 10.5. The van der Waals surface area contributed by atoms with E-state index in [1.54, 1.807) is 0 Å². The summed E-state index contributed by atoms with van der Waals surface area (Å²) in [6, 6.07) is 6.67. The van der Waals surface area contributed by atoms with Gasteiger partial charge < -0.3 is 10.2 Å². The highest BCUT2D eigenvalue weighted by Gasteiger charge is 2.18. The van der Waals surface area contributed by atoms with Gasteiger partial charge in [0.2, 0.25) is 0 Å². The smallest absolute Gasteiger partial charge is 0.129 e. The second-order valence-electron chi connectivity index (χ2n) is 3.91. The quantitative estimate of drug-likeness (QED) is 0.833. The molecule has 0 saturated carbocycles. The third kappa shape index (κ3) is 2.69. The zero-order valence-electron chi connectivity index (χ0n) is 8.91. The number of halogens is 1. The molecule has 0 spiro atoms. The number of anilines is 1. The minimum absolute atomic E-state index is 0.619. The molecular weight excluding hydrogens is 254 g/mol. The molecule has 4 heteroatoms. The second-order valence-corrected chi connectivity index (χ2v) is 4.72. The standard InChI is InChI=1S/C11H16BrN3/c1-15(9-5-7-13-8-6-9)11-4-2-3-10(12)14-11/h2-4,9,13H,5-8H2,1H3. The highest BCUT2D eigenvalue weighted by Crippen LogP contribution is 2.19. The van der Waals surface area contributed by atoms with Gasteiger partial charge in [0.15, 0.2) is 0 Å².